The molecule has 90 valence electrons. The predicted octanol–water partition coefficient (Wildman–Crippen LogP) is 3.69. The number of para-hydroxylation sites is 1. The highest BCUT2D eigenvalue weighted by molar-refractivity contribution is 5.76. The van der Waals surface area contributed by atoms with E-state index in [2.05, 4.69) is 4.98 Å². The van der Waals surface area contributed by atoms with Crippen LogP contribution < -0.4 is 4.90 Å². The van der Waals surface area contributed by atoms with Crippen molar-refractivity contribution in [3.63, 3.8) is 0 Å². The Morgan fingerprint density at radius 3 is 3.00 bits per heavy atom. The van der Waals surface area contributed by atoms with Gasteiger partial charge in [0.15, 0.2) is 0 Å². The van der Waals surface area contributed by atoms with Crippen LogP contribution in [0.15, 0.2) is 42.6 Å². The maximum absolute atomic E-state index is 14.0. The summed E-state index contributed by atoms with van der Waals surface area (Å²) in [5.41, 5.74) is 2.62. The Balaban J connectivity index is 2.14. The lowest BCUT2D eigenvalue weighted by Crippen LogP contribution is -2.22. The molecule has 0 radical (unpaired) electrons. The van der Waals surface area contributed by atoms with Crippen molar-refractivity contribution in [3.8, 4) is 0 Å². The third-order valence-corrected chi connectivity index (χ3v) is 3.05. The lowest BCUT2D eigenvalue weighted by Gasteiger charge is -2.27. The smallest absolute Gasteiger partial charge is 0.147 e. The van der Waals surface area contributed by atoms with Crippen LogP contribution in [0.2, 0.25) is 0 Å². The van der Waals surface area contributed by atoms with Crippen LogP contribution in [0.3, 0.4) is 0 Å². The molecule has 0 fully saturated rings. The van der Waals surface area contributed by atoms with Gasteiger partial charge in [0, 0.05) is 18.3 Å². The molecule has 0 saturated carbocycles. The minimum atomic E-state index is -0.208. The first-order valence-corrected chi connectivity index (χ1v) is 5.91. The average Bonchev–Trinajstić information content (AvgIpc) is 2.38. The van der Waals surface area contributed by atoms with Crippen LogP contribution in [-0.2, 0) is 0 Å². The molecule has 0 aliphatic carbocycles. The summed E-state index contributed by atoms with van der Waals surface area (Å²) in [7, 11) is 0. The van der Waals surface area contributed by atoms with E-state index in [4.69, 9.17) is 0 Å². The summed E-state index contributed by atoms with van der Waals surface area (Å²) in [6.07, 6.45) is 5.72. The first kappa shape index (κ1) is 11.0. The van der Waals surface area contributed by atoms with Gasteiger partial charge in [-0.05, 0) is 30.7 Å². The first-order chi connectivity index (χ1) is 8.75. The van der Waals surface area contributed by atoms with Crippen LogP contribution in [0.25, 0.3) is 6.08 Å². The van der Waals surface area contributed by atoms with Crippen LogP contribution in [0, 0.1) is 12.7 Å². The topological polar surface area (TPSA) is 16.1 Å². The molecule has 0 spiro atoms. The number of pyridine rings is 1. The molecule has 0 saturated heterocycles. The molecule has 0 atom stereocenters. The second-order valence-corrected chi connectivity index (χ2v) is 4.38. The second kappa shape index (κ2) is 4.26. The van der Waals surface area contributed by atoms with Gasteiger partial charge in [-0.25, -0.2) is 9.37 Å². The lowest BCUT2D eigenvalue weighted by molar-refractivity contribution is 0.625. The lowest BCUT2D eigenvalue weighted by atomic mass is 10.1. The molecule has 3 rings (SSSR count). The van der Waals surface area contributed by atoms with E-state index in [0.717, 1.165) is 16.9 Å². The molecule has 0 unspecified atom stereocenters. The van der Waals surface area contributed by atoms with E-state index in [-0.39, 0.29) is 5.82 Å². The van der Waals surface area contributed by atoms with Crippen molar-refractivity contribution in [2.45, 2.75) is 6.92 Å². The highest BCUT2D eigenvalue weighted by Gasteiger charge is 2.19. The molecule has 1 aliphatic heterocycles. The first-order valence-electron chi connectivity index (χ1n) is 5.91. The average molecular weight is 240 g/mol. The van der Waals surface area contributed by atoms with Crippen molar-refractivity contribution in [1.29, 1.82) is 0 Å². The highest BCUT2D eigenvalue weighted by atomic mass is 19.1. The number of rotatable bonds is 1. The van der Waals surface area contributed by atoms with E-state index in [1.807, 2.05) is 42.2 Å². The van der Waals surface area contributed by atoms with Crippen molar-refractivity contribution < 1.29 is 4.39 Å². The Morgan fingerprint density at radius 2 is 2.17 bits per heavy atom. The van der Waals surface area contributed by atoms with Crippen molar-refractivity contribution in [2.24, 2.45) is 0 Å². The zero-order valence-corrected chi connectivity index (χ0v) is 10.1. The van der Waals surface area contributed by atoms with E-state index in [1.165, 1.54) is 6.07 Å². The van der Waals surface area contributed by atoms with E-state index in [0.29, 0.717) is 12.2 Å². The summed E-state index contributed by atoms with van der Waals surface area (Å²) >= 11 is 0. The molecule has 1 aliphatic rings. The van der Waals surface area contributed by atoms with Gasteiger partial charge >= 0.3 is 0 Å². The van der Waals surface area contributed by atoms with Crippen LogP contribution >= 0.6 is 0 Å². The van der Waals surface area contributed by atoms with Gasteiger partial charge in [0.1, 0.15) is 11.6 Å². The second-order valence-electron chi connectivity index (χ2n) is 4.38. The molecule has 2 nitrogen and oxygen atoms in total. The number of aryl methyl sites for hydroxylation is 1. The van der Waals surface area contributed by atoms with E-state index in [1.54, 1.807) is 12.3 Å². The number of halogens is 1. The SMILES string of the molecule is Cc1ccnc(N2CC=Cc3cccc(F)c32)c1. The van der Waals surface area contributed by atoms with E-state index >= 15 is 0 Å². The molecule has 0 bridgehead atoms. The van der Waals surface area contributed by atoms with Crippen LogP contribution in [0.1, 0.15) is 11.1 Å². The molecular weight excluding hydrogens is 227 g/mol. The van der Waals surface area contributed by atoms with Gasteiger partial charge in [-0.15, -0.1) is 0 Å². The van der Waals surface area contributed by atoms with E-state index < -0.39 is 0 Å². The Labute approximate surface area is 105 Å². The third kappa shape index (κ3) is 1.78. The molecule has 0 amide bonds. The molecule has 0 N–H and O–H groups in total. The Hall–Kier alpha value is -2.16. The number of hydrogen-bond donors (Lipinski definition) is 0. The standard InChI is InChI=1S/C15H13FN2/c1-11-7-8-17-14(10-11)18-9-3-5-12-4-2-6-13(16)15(12)18/h2-8,10H,9H2,1H3. The summed E-state index contributed by atoms with van der Waals surface area (Å²) in [5, 5.41) is 0. The number of fused-ring (bicyclic) bond motifs is 1. The summed E-state index contributed by atoms with van der Waals surface area (Å²) in [6, 6.07) is 9.03. The van der Waals surface area contributed by atoms with Crippen LogP contribution in [0.4, 0.5) is 15.9 Å². The number of aromatic nitrogens is 1. The number of hydrogen-bond acceptors (Lipinski definition) is 2. The molecular formula is C15H13FN2. The molecule has 3 heteroatoms. The Morgan fingerprint density at radius 1 is 1.28 bits per heavy atom. The summed E-state index contributed by atoms with van der Waals surface area (Å²) < 4.78 is 14.0. The molecule has 1 aromatic carbocycles. The van der Waals surface area contributed by atoms with Gasteiger partial charge in [-0.1, -0.05) is 24.3 Å². The monoisotopic (exact) mass is 240 g/mol. The molecule has 2 heterocycles. The van der Waals surface area contributed by atoms with Crippen molar-refractivity contribution in [1.82, 2.24) is 4.98 Å². The van der Waals surface area contributed by atoms with Crippen molar-refractivity contribution in [2.75, 3.05) is 11.4 Å². The third-order valence-electron chi connectivity index (χ3n) is 3.05. The van der Waals surface area contributed by atoms with E-state index in [9.17, 15) is 4.39 Å². The zero-order chi connectivity index (χ0) is 12.5. The number of nitrogens with zero attached hydrogens (tertiary/aromatic N) is 2. The summed E-state index contributed by atoms with van der Waals surface area (Å²) in [6.45, 7) is 2.65. The van der Waals surface area contributed by atoms with Gasteiger partial charge in [-0.2, -0.15) is 0 Å². The number of anilines is 2. The molecule has 2 aromatic rings. The van der Waals surface area contributed by atoms with Gasteiger partial charge in [0.05, 0.1) is 5.69 Å². The van der Waals surface area contributed by atoms with Gasteiger partial charge in [0.2, 0.25) is 0 Å². The summed E-state index contributed by atoms with van der Waals surface area (Å²) in [5.74, 6) is 0.575. The zero-order valence-electron chi connectivity index (χ0n) is 10.1. The largest absolute Gasteiger partial charge is 0.319 e. The van der Waals surface area contributed by atoms with Gasteiger partial charge in [0.25, 0.3) is 0 Å². The quantitative estimate of drug-likeness (QED) is 0.755. The highest BCUT2D eigenvalue weighted by Crippen LogP contribution is 2.33. The van der Waals surface area contributed by atoms with Crippen molar-refractivity contribution in [3.05, 3.63) is 59.5 Å². The Kier molecular flexibility index (Phi) is 2.59. The van der Waals surface area contributed by atoms with Crippen molar-refractivity contribution >= 4 is 17.6 Å². The fourth-order valence-electron chi connectivity index (χ4n) is 2.20. The van der Waals surface area contributed by atoms with Crippen LogP contribution in [-0.4, -0.2) is 11.5 Å². The fraction of sp³-hybridized carbons (Fsp3) is 0.133. The van der Waals surface area contributed by atoms with Gasteiger partial charge < -0.3 is 4.90 Å². The maximum atomic E-state index is 14.0. The minimum absolute atomic E-state index is 0.208. The Bertz CT molecular complexity index is 620. The number of benzene rings is 1. The molecule has 1 aromatic heterocycles. The maximum Gasteiger partial charge on any atom is 0.147 e. The van der Waals surface area contributed by atoms with Gasteiger partial charge in [-0.3, -0.25) is 0 Å². The minimum Gasteiger partial charge on any atom is -0.319 e. The normalized spacial score (nSPS) is 13.6. The van der Waals surface area contributed by atoms with Crippen LogP contribution in [0.5, 0.6) is 0 Å². The fourth-order valence-corrected chi connectivity index (χ4v) is 2.20. The summed E-state index contributed by atoms with van der Waals surface area (Å²) in [4.78, 5) is 6.23. The predicted molar refractivity (Wildman–Crippen MR) is 71.4 cm³/mol. The molecule has 18 heavy (non-hydrogen) atoms.